The van der Waals surface area contributed by atoms with E-state index in [9.17, 15) is 4.79 Å². The minimum absolute atomic E-state index is 0. The number of nitrogens with zero attached hydrogens (tertiary/aromatic N) is 1. The van der Waals surface area contributed by atoms with Crippen molar-refractivity contribution in [2.75, 3.05) is 13.2 Å². The summed E-state index contributed by atoms with van der Waals surface area (Å²) < 4.78 is 5.49. The van der Waals surface area contributed by atoms with Crippen molar-refractivity contribution < 1.29 is 9.53 Å². The normalized spacial score (nSPS) is 14.6. The number of nitrogens with two attached hydrogens (primary N) is 4. The van der Waals surface area contributed by atoms with Gasteiger partial charge in [-0.2, -0.15) is 0 Å². The van der Waals surface area contributed by atoms with Crippen LogP contribution in [0.25, 0.3) is 0 Å². The quantitative estimate of drug-likeness (QED) is 0.168. The Morgan fingerprint density at radius 3 is 2.47 bits per heavy atom. The largest absolute Gasteiger partial charge is 0.492 e. The molecule has 0 spiro atoms. The van der Waals surface area contributed by atoms with Crippen LogP contribution in [0, 0.1) is 5.41 Å². The van der Waals surface area contributed by atoms with Crippen LogP contribution in [0.2, 0.25) is 0 Å². The lowest BCUT2D eigenvalue weighted by Gasteiger charge is -2.33. The molecule has 166 valence electrons. The number of carbonyl (C=O) groups excluding carboxylic acids is 1. The highest BCUT2D eigenvalue weighted by Gasteiger charge is 2.30. The molecule has 30 heavy (non-hydrogen) atoms. The summed E-state index contributed by atoms with van der Waals surface area (Å²) in [6, 6.07) is 7.29. The molecule has 1 heterocycles. The number of primary amides is 1. The molecule has 0 fully saturated rings. The first-order valence-corrected chi connectivity index (χ1v) is 9.47. The van der Waals surface area contributed by atoms with Crippen molar-refractivity contribution in [3.8, 4) is 5.75 Å². The molecule has 0 bridgehead atoms. The third kappa shape index (κ3) is 5.85. The summed E-state index contributed by atoms with van der Waals surface area (Å²) in [6.07, 6.45) is 1.60. The van der Waals surface area contributed by atoms with Crippen molar-refractivity contribution in [3.63, 3.8) is 0 Å². The number of benzene rings is 1. The van der Waals surface area contributed by atoms with E-state index in [1.807, 2.05) is 31.2 Å². The zero-order chi connectivity index (χ0) is 21.6. The average molecular weight is 459 g/mol. The van der Waals surface area contributed by atoms with Crippen LogP contribution in [0.5, 0.6) is 5.75 Å². The molecule has 0 aliphatic carbocycles. The molecule has 10 nitrogen and oxygen atoms in total. The number of hydrogen-bond acceptors (Lipinski definition) is 7. The molecule has 1 aliphatic heterocycles. The van der Waals surface area contributed by atoms with Crippen molar-refractivity contribution in [1.29, 1.82) is 5.41 Å². The molecule has 12 heteroatoms. The molecule has 1 aromatic carbocycles. The molecule has 0 aromatic heterocycles. The molecule has 1 aliphatic rings. The van der Waals surface area contributed by atoms with Crippen LogP contribution in [-0.4, -0.2) is 29.9 Å². The number of guanidine groups is 1. The van der Waals surface area contributed by atoms with Crippen LogP contribution in [-0.2, 0) is 4.79 Å². The van der Waals surface area contributed by atoms with Gasteiger partial charge in [0.2, 0.25) is 5.96 Å². The Bertz CT molecular complexity index is 826. The summed E-state index contributed by atoms with van der Waals surface area (Å²) in [5.41, 5.74) is 23.5. The van der Waals surface area contributed by atoms with Crippen LogP contribution in [0.4, 0.5) is 0 Å². The highest BCUT2D eigenvalue weighted by atomic mass is 35.5. The van der Waals surface area contributed by atoms with Gasteiger partial charge in [-0.3, -0.25) is 10.2 Å². The number of nitrogens with one attached hydrogen (secondary N) is 3. The number of ether oxygens (including phenoxy) is 1. The Labute approximate surface area is 186 Å². The number of rotatable bonds is 8. The van der Waals surface area contributed by atoms with E-state index in [0.29, 0.717) is 18.9 Å². The average Bonchev–Trinajstić information content (AvgIpc) is 2.69. The highest BCUT2D eigenvalue weighted by Crippen LogP contribution is 2.24. The molecule has 11 N–H and O–H groups in total. The van der Waals surface area contributed by atoms with Crippen LogP contribution < -0.4 is 38.3 Å². The molecular formula is C18H28Cl2N8O2. The molecule has 2 rings (SSSR count). The molecule has 0 saturated heterocycles. The first-order valence-electron chi connectivity index (χ1n) is 9.10. The van der Waals surface area contributed by atoms with Gasteiger partial charge in [0.15, 0.2) is 0 Å². The van der Waals surface area contributed by atoms with Crippen LogP contribution in [0.3, 0.4) is 0 Å². The molecule has 1 unspecified atom stereocenters. The monoisotopic (exact) mass is 458 g/mol. The van der Waals surface area contributed by atoms with E-state index in [4.69, 9.17) is 44.7 Å². The maximum atomic E-state index is 11.6. The van der Waals surface area contributed by atoms with E-state index in [-0.39, 0.29) is 46.9 Å². The van der Waals surface area contributed by atoms with E-state index in [1.165, 1.54) is 0 Å². The first kappa shape index (κ1) is 25.2. The van der Waals surface area contributed by atoms with Crippen LogP contribution >= 0.6 is 24.0 Å². The zero-order valence-corrected chi connectivity index (χ0v) is 18.1. The van der Waals surface area contributed by atoms with E-state index >= 15 is 0 Å². The smallest absolute Gasteiger partial charge is 0.268 e. The van der Waals surface area contributed by atoms with E-state index < -0.39 is 5.91 Å². The number of carbonyl (C=O) groups is 1. The Kier molecular flexibility index (Phi) is 9.57. The number of halogens is 2. The lowest BCUT2D eigenvalue weighted by Crippen LogP contribution is -2.50. The van der Waals surface area contributed by atoms with Gasteiger partial charge in [0, 0.05) is 6.54 Å². The fourth-order valence-electron chi connectivity index (χ4n) is 2.82. The standard InChI is InChI=1S/C18H27ClN8O2.ClH/c1-2-3-12(10-4-6-11(7-5-10)29-9-8-20)25-18(24)27-15(21)13(17(23)28)26-14(19)16(27)22;/h4-7,12,26H,2-3,8-9,20-22H2,1H3,(H2,23,28)(H2,24,25);1H. The minimum atomic E-state index is -0.816. The van der Waals surface area contributed by atoms with Gasteiger partial charge in [-0.1, -0.05) is 37.1 Å². The van der Waals surface area contributed by atoms with Crippen molar-refractivity contribution >= 4 is 35.9 Å². The maximum absolute atomic E-state index is 11.6. The Balaban J connectivity index is 0.00000450. The summed E-state index contributed by atoms with van der Waals surface area (Å²) in [5, 5.41) is 14.1. The van der Waals surface area contributed by atoms with E-state index in [0.717, 1.165) is 23.3 Å². The number of amides is 1. The summed E-state index contributed by atoms with van der Waals surface area (Å²) in [7, 11) is 0. The highest BCUT2D eigenvalue weighted by molar-refractivity contribution is 6.30. The third-order valence-electron chi connectivity index (χ3n) is 4.22. The molecule has 0 saturated carbocycles. The van der Waals surface area contributed by atoms with Crippen molar-refractivity contribution in [3.05, 3.63) is 52.3 Å². The van der Waals surface area contributed by atoms with Crippen LogP contribution in [0.1, 0.15) is 31.4 Å². The fourth-order valence-corrected chi connectivity index (χ4v) is 3.00. The van der Waals surface area contributed by atoms with E-state index in [2.05, 4.69) is 10.6 Å². The zero-order valence-electron chi connectivity index (χ0n) is 16.6. The third-order valence-corrected chi connectivity index (χ3v) is 4.51. The van der Waals surface area contributed by atoms with Gasteiger partial charge in [-0.15, -0.1) is 12.4 Å². The summed E-state index contributed by atoms with van der Waals surface area (Å²) in [6.45, 7) is 2.90. The number of hydrogen-bond donors (Lipinski definition) is 7. The molecule has 1 atom stereocenters. The summed E-state index contributed by atoms with van der Waals surface area (Å²) >= 11 is 6.04. The topological polar surface area (TPSA) is 182 Å². The predicted octanol–water partition coefficient (Wildman–Crippen LogP) is 0.654. The molecule has 1 amide bonds. The Morgan fingerprint density at radius 1 is 1.30 bits per heavy atom. The Hall–Kier alpha value is -2.82. The molecule has 1 aromatic rings. The molecular weight excluding hydrogens is 431 g/mol. The van der Waals surface area contributed by atoms with Crippen LogP contribution in [0.15, 0.2) is 46.8 Å². The van der Waals surface area contributed by atoms with Crippen molar-refractivity contribution in [1.82, 2.24) is 15.5 Å². The van der Waals surface area contributed by atoms with Crippen molar-refractivity contribution in [2.24, 2.45) is 22.9 Å². The SMILES string of the molecule is CCCC(NC(=N)N1C(N)=C(Cl)NC(C(N)=O)=C1N)c1ccc(OCCN)cc1.Cl. The van der Waals surface area contributed by atoms with Gasteiger partial charge in [-0.05, 0) is 24.1 Å². The second-order valence-corrected chi connectivity index (χ2v) is 6.70. The van der Waals surface area contributed by atoms with Gasteiger partial charge in [-0.25, -0.2) is 4.90 Å². The lowest BCUT2D eigenvalue weighted by molar-refractivity contribution is -0.115. The predicted molar refractivity (Wildman–Crippen MR) is 119 cm³/mol. The van der Waals surface area contributed by atoms with Gasteiger partial charge in [0.1, 0.15) is 34.9 Å². The second kappa shape index (κ2) is 11.4. The fraction of sp³-hybridized carbons (Fsp3) is 0.333. The van der Waals surface area contributed by atoms with Gasteiger partial charge in [0.05, 0.1) is 6.04 Å². The lowest BCUT2D eigenvalue weighted by atomic mass is 10.0. The van der Waals surface area contributed by atoms with E-state index in [1.54, 1.807) is 0 Å². The first-order chi connectivity index (χ1) is 13.8. The van der Waals surface area contributed by atoms with Gasteiger partial charge in [0.25, 0.3) is 5.91 Å². The van der Waals surface area contributed by atoms with Crippen molar-refractivity contribution in [2.45, 2.75) is 25.8 Å². The Morgan fingerprint density at radius 2 is 1.93 bits per heavy atom. The second-order valence-electron chi connectivity index (χ2n) is 6.32. The maximum Gasteiger partial charge on any atom is 0.268 e. The summed E-state index contributed by atoms with van der Waals surface area (Å²) in [4.78, 5) is 12.7. The van der Waals surface area contributed by atoms with Gasteiger partial charge < -0.3 is 38.3 Å². The summed E-state index contributed by atoms with van der Waals surface area (Å²) in [5.74, 6) is -0.376. The minimum Gasteiger partial charge on any atom is -0.492 e. The molecule has 0 radical (unpaired) electrons. The van der Waals surface area contributed by atoms with Gasteiger partial charge >= 0.3 is 0 Å².